The van der Waals surface area contributed by atoms with Crippen molar-refractivity contribution in [3.63, 3.8) is 0 Å². The first-order valence-electron chi connectivity index (χ1n) is 10.4. The molecule has 5 rings (SSSR count). The predicted octanol–water partition coefficient (Wildman–Crippen LogP) is 6.99. The molecule has 0 unspecified atom stereocenters. The maximum atomic E-state index is 3.07. The van der Waals surface area contributed by atoms with Crippen molar-refractivity contribution in [3.8, 4) is 0 Å². The molecule has 0 aromatic carbocycles. The minimum atomic E-state index is 1.17. The lowest BCUT2D eigenvalue weighted by Crippen LogP contribution is -2.16. The summed E-state index contributed by atoms with van der Waals surface area (Å²) < 4.78 is 0. The van der Waals surface area contributed by atoms with Gasteiger partial charge in [-0.3, -0.25) is 0 Å². The Morgan fingerprint density at radius 2 is 1.35 bits per heavy atom. The molecule has 0 atom stereocenters. The Morgan fingerprint density at radius 3 is 2.06 bits per heavy atom. The van der Waals surface area contributed by atoms with Gasteiger partial charge < -0.3 is 9.97 Å². The van der Waals surface area contributed by atoms with Crippen molar-refractivity contribution in [3.05, 3.63) is 161 Å². The summed E-state index contributed by atoms with van der Waals surface area (Å²) in [5.41, 5.74) is 8.59. The zero-order chi connectivity index (χ0) is 20.9. The molecule has 2 heterocycles. The third-order valence-corrected chi connectivity index (χ3v) is 5.39. The van der Waals surface area contributed by atoms with Crippen molar-refractivity contribution < 1.29 is 0 Å². The molecule has 0 amide bonds. The summed E-state index contributed by atoms with van der Waals surface area (Å²) in [4.78, 5) is 6.14. The molecule has 2 heteroatoms. The van der Waals surface area contributed by atoms with E-state index in [1.807, 2.05) is 24.8 Å². The molecule has 0 aliphatic heterocycles. The average molecular weight is 400 g/mol. The molecule has 149 valence electrons. The molecule has 2 N–H and O–H groups in total. The number of aromatic amines is 2. The highest BCUT2D eigenvalue weighted by molar-refractivity contribution is 5.77. The van der Waals surface area contributed by atoms with E-state index in [4.69, 9.17) is 0 Å². The van der Waals surface area contributed by atoms with Crippen molar-refractivity contribution in [1.82, 2.24) is 9.97 Å². The van der Waals surface area contributed by atoms with Crippen LogP contribution in [0.3, 0.4) is 0 Å². The normalized spacial score (nSPS) is 18.5. The molecular weight excluding hydrogens is 376 g/mol. The van der Waals surface area contributed by atoms with Gasteiger partial charge in [-0.05, 0) is 51.1 Å². The molecule has 0 spiro atoms. The van der Waals surface area contributed by atoms with E-state index in [1.165, 1.54) is 44.9 Å². The first kappa shape index (κ1) is 19.0. The van der Waals surface area contributed by atoms with Gasteiger partial charge >= 0.3 is 0 Å². The van der Waals surface area contributed by atoms with Crippen LogP contribution in [0.5, 0.6) is 0 Å². The third-order valence-electron chi connectivity index (χ3n) is 5.39. The van der Waals surface area contributed by atoms with Crippen molar-refractivity contribution in [2.75, 3.05) is 0 Å². The number of nitrogens with one attached hydrogen (secondary N) is 2. The molecular formula is C29H23N2. The van der Waals surface area contributed by atoms with Gasteiger partial charge in [-0.2, -0.15) is 0 Å². The van der Waals surface area contributed by atoms with Crippen LogP contribution >= 0.6 is 0 Å². The molecule has 0 saturated heterocycles. The molecule has 0 saturated carbocycles. The largest absolute Gasteiger partial charge is 0.367 e. The van der Waals surface area contributed by atoms with E-state index in [0.29, 0.717) is 0 Å². The first-order valence-corrected chi connectivity index (χ1v) is 10.4. The third kappa shape index (κ3) is 4.29. The van der Waals surface area contributed by atoms with Crippen LogP contribution in [-0.4, -0.2) is 9.97 Å². The SMILES string of the molecule is C1=CC2=CC(/C=C/C=C/c3cc[nH]c3)=CC3=CC=C(/C=C/C=C/c4cc[nH]c4)C(=C1)[C]32. The number of hydrogen-bond donors (Lipinski definition) is 2. The van der Waals surface area contributed by atoms with Gasteiger partial charge in [0.05, 0.1) is 5.92 Å². The summed E-state index contributed by atoms with van der Waals surface area (Å²) in [6, 6.07) is 4.10. The van der Waals surface area contributed by atoms with Crippen LogP contribution in [0.2, 0.25) is 0 Å². The Labute approximate surface area is 183 Å². The zero-order valence-electron chi connectivity index (χ0n) is 17.1. The van der Waals surface area contributed by atoms with Gasteiger partial charge in [0.25, 0.3) is 0 Å². The smallest absolute Gasteiger partial charge is 0.0635 e. The lowest BCUT2D eigenvalue weighted by molar-refractivity contribution is 1.15. The lowest BCUT2D eigenvalue weighted by atomic mass is 9.72. The second kappa shape index (κ2) is 8.76. The Kier molecular flexibility index (Phi) is 5.36. The van der Waals surface area contributed by atoms with Gasteiger partial charge in [-0.1, -0.05) is 91.1 Å². The van der Waals surface area contributed by atoms with Crippen molar-refractivity contribution in [1.29, 1.82) is 0 Å². The van der Waals surface area contributed by atoms with Gasteiger partial charge in [0.1, 0.15) is 0 Å². The second-order valence-corrected chi connectivity index (χ2v) is 7.53. The van der Waals surface area contributed by atoms with Crippen molar-refractivity contribution >= 4 is 12.2 Å². The fourth-order valence-electron chi connectivity index (χ4n) is 3.91. The first-order chi connectivity index (χ1) is 15.4. The molecule has 2 aromatic heterocycles. The minimum Gasteiger partial charge on any atom is -0.367 e. The summed E-state index contributed by atoms with van der Waals surface area (Å²) in [7, 11) is 0. The number of rotatable bonds is 6. The van der Waals surface area contributed by atoms with Crippen LogP contribution in [0, 0.1) is 5.92 Å². The van der Waals surface area contributed by atoms with Crippen LogP contribution in [0.15, 0.2) is 144 Å². The number of allylic oxidation sites excluding steroid dienone is 18. The summed E-state index contributed by atoms with van der Waals surface area (Å²) in [5.74, 6) is 1.32. The van der Waals surface area contributed by atoms with Crippen molar-refractivity contribution in [2.45, 2.75) is 0 Å². The van der Waals surface area contributed by atoms with Gasteiger partial charge in [0.15, 0.2) is 0 Å². The molecule has 2 nitrogen and oxygen atoms in total. The molecule has 3 aliphatic rings. The Bertz CT molecular complexity index is 1240. The second-order valence-electron chi connectivity index (χ2n) is 7.53. The zero-order valence-corrected chi connectivity index (χ0v) is 17.1. The van der Waals surface area contributed by atoms with E-state index in [0.717, 1.165) is 0 Å². The molecule has 3 aliphatic carbocycles. The van der Waals surface area contributed by atoms with Gasteiger partial charge in [0, 0.05) is 24.8 Å². The van der Waals surface area contributed by atoms with Gasteiger partial charge in [-0.25, -0.2) is 0 Å². The maximum Gasteiger partial charge on any atom is 0.0635 e. The summed E-state index contributed by atoms with van der Waals surface area (Å²) >= 11 is 0. The lowest BCUT2D eigenvalue weighted by Gasteiger charge is -2.31. The van der Waals surface area contributed by atoms with E-state index >= 15 is 0 Å². The topological polar surface area (TPSA) is 31.6 Å². The highest BCUT2D eigenvalue weighted by Crippen LogP contribution is 2.44. The quantitative estimate of drug-likeness (QED) is 0.491. The van der Waals surface area contributed by atoms with E-state index in [9.17, 15) is 0 Å². The van der Waals surface area contributed by atoms with E-state index in [2.05, 4.69) is 113 Å². The van der Waals surface area contributed by atoms with E-state index < -0.39 is 0 Å². The molecule has 0 bridgehead atoms. The number of hydrogen-bond acceptors (Lipinski definition) is 0. The number of H-pyrrole nitrogens is 2. The summed E-state index contributed by atoms with van der Waals surface area (Å²) in [6.07, 6.45) is 40.2. The summed E-state index contributed by atoms with van der Waals surface area (Å²) in [5, 5.41) is 0. The standard InChI is InChI=1S/C29H23N2/c1(6-22-14-16-30-20-22)2-8-24-18-26-10-5-11-28-25(12-13-27(19-24)29(26)28)9-4-3-7-23-15-17-31-21-23/h1-21,30-31H/b6-1+,7-3+,8-2+,9-4+. The Morgan fingerprint density at radius 1 is 0.645 bits per heavy atom. The predicted molar refractivity (Wildman–Crippen MR) is 131 cm³/mol. The number of aromatic nitrogens is 2. The van der Waals surface area contributed by atoms with Gasteiger partial charge in [-0.15, -0.1) is 0 Å². The molecule has 1 radical (unpaired) electrons. The Balaban J connectivity index is 1.35. The molecule has 31 heavy (non-hydrogen) atoms. The van der Waals surface area contributed by atoms with E-state index in [-0.39, 0.29) is 0 Å². The monoisotopic (exact) mass is 399 g/mol. The van der Waals surface area contributed by atoms with E-state index in [1.54, 1.807) is 0 Å². The average Bonchev–Trinajstić information content (AvgIpc) is 3.50. The van der Waals surface area contributed by atoms with Crippen LogP contribution in [0.25, 0.3) is 12.2 Å². The van der Waals surface area contributed by atoms with Crippen LogP contribution in [0.4, 0.5) is 0 Å². The molecule has 0 fully saturated rings. The molecule has 2 aromatic rings. The highest BCUT2D eigenvalue weighted by atomic mass is 14.6. The fourth-order valence-corrected chi connectivity index (χ4v) is 3.91. The highest BCUT2D eigenvalue weighted by Gasteiger charge is 2.29. The summed E-state index contributed by atoms with van der Waals surface area (Å²) in [6.45, 7) is 0. The maximum absolute atomic E-state index is 3.07. The van der Waals surface area contributed by atoms with Crippen LogP contribution in [0.1, 0.15) is 11.1 Å². The van der Waals surface area contributed by atoms with Crippen LogP contribution < -0.4 is 0 Å². The Hall–Kier alpha value is -4.04. The fraction of sp³-hybridized carbons (Fsp3) is 0. The van der Waals surface area contributed by atoms with Crippen molar-refractivity contribution in [2.24, 2.45) is 0 Å². The minimum absolute atomic E-state index is 1.17. The van der Waals surface area contributed by atoms with Gasteiger partial charge in [0.2, 0.25) is 0 Å². The van der Waals surface area contributed by atoms with Crippen LogP contribution in [-0.2, 0) is 0 Å².